The summed E-state index contributed by atoms with van der Waals surface area (Å²) in [6, 6.07) is 10.8. The Hall–Kier alpha value is -4.41. The van der Waals surface area contributed by atoms with Gasteiger partial charge in [-0.1, -0.05) is 56.2 Å². The normalized spacial score (nSPS) is 13.0. The van der Waals surface area contributed by atoms with Gasteiger partial charge in [0.15, 0.2) is 0 Å². The number of nitrogens with one attached hydrogen (secondary N) is 3. The van der Waals surface area contributed by atoms with Crippen molar-refractivity contribution in [2.45, 2.75) is 51.1 Å². The Morgan fingerprint density at radius 1 is 0.872 bits per heavy atom. The number of amides is 4. The van der Waals surface area contributed by atoms with Crippen LogP contribution in [0.2, 0.25) is 0 Å². The van der Waals surface area contributed by atoms with Crippen LogP contribution in [0.3, 0.4) is 0 Å². The summed E-state index contributed by atoms with van der Waals surface area (Å²) in [4.78, 5) is 53.0. The zero-order valence-electron chi connectivity index (χ0n) is 22.6. The zero-order valence-corrected chi connectivity index (χ0v) is 22.6. The highest BCUT2D eigenvalue weighted by Gasteiger charge is 2.32. The van der Waals surface area contributed by atoms with Crippen LogP contribution in [-0.4, -0.2) is 65.6 Å². The summed E-state index contributed by atoms with van der Waals surface area (Å²) in [5.74, 6) is -3.51. The van der Waals surface area contributed by atoms with Gasteiger partial charge in [-0.25, -0.2) is 0 Å². The maximum Gasteiger partial charge on any atom is 0.243 e. The fourth-order valence-electron chi connectivity index (χ4n) is 3.97. The molecule has 11 nitrogen and oxygen atoms in total. The molecule has 210 valence electrons. The molecular weight excluding hydrogens is 500 g/mol. The molecule has 2 aromatic rings. The van der Waals surface area contributed by atoms with Crippen LogP contribution < -0.4 is 22.1 Å². The molecule has 0 saturated heterocycles. The number of nitrogens with zero attached hydrogens (tertiary/aromatic N) is 1. The molecule has 0 aliphatic carbocycles. The lowest BCUT2D eigenvalue weighted by molar-refractivity contribution is -0.142. The number of amidine groups is 1. The second kappa shape index (κ2) is 14.5. The van der Waals surface area contributed by atoms with E-state index >= 15 is 0 Å². The number of unbranched alkanes of at least 4 members (excludes halogenated alkanes) is 1. The second-order valence-electron chi connectivity index (χ2n) is 9.64. The predicted octanol–water partition coefficient (Wildman–Crippen LogP) is 0.811. The molecule has 39 heavy (non-hydrogen) atoms. The van der Waals surface area contributed by atoms with E-state index in [2.05, 4.69) is 10.6 Å². The number of phenols is 1. The van der Waals surface area contributed by atoms with E-state index in [1.807, 2.05) is 6.92 Å². The zero-order chi connectivity index (χ0) is 29.1. The molecule has 8 N–H and O–H groups in total. The first-order chi connectivity index (χ1) is 18.4. The molecule has 0 saturated carbocycles. The Bertz CT molecular complexity index is 1160. The first-order valence-electron chi connectivity index (χ1n) is 12.7. The van der Waals surface area contributed by atoms with Crippen LogP contribution in [0.15, 0.2) is 48.5 Å². The third-order valence-electron chi connectivity index (χ3n) is 6.28. The Morgan fingerprint density at radius 2 is 1.41 bits per heavy atom. The second-order valence-corrected chi connectivity index (χ2v) is 9.64. The summed E-state index contributed by atoms with van der Waals surface area (Å²) in [5, 5.41) is 22.4. The first kappa shape index (κ1) is 30.8. The molecule has 0 aliphatic rings. The van der Waals surface area contributed by atoms with Crippen LogP contribution >= 0.6 is 0 Å². The van der Waals surface area contributed by atoms with Crippen molar-refractivity contribution in [3.63, 3.8) is 0 Å². The van der Waals surface area contributed by atoms with Crippen LogP contribution in [-0.2, 0) is 32.0 Å². The molecule has 0 spiro atoms. The van der Waals surface area contributed by atoms with Gasteiger partial charge >= 0.3 is 0 Å². The van der Waals surface area contributed by atoms with Gasteiger partial charge in [0.1, 0.15) is 29.6 Å². The van der Waals surface area contributed by atoms with Crippen LogP contribution in [0.5, 0.6) is 5.75 Å². The number of primary amides is 1. The van der Waals surface area contributed by atoms with Crippen molar-refractivity contribution in [3.8, 4) is 5.75 Å². The van der Waals surface area contributed by atoms with Crippen molar-refractivity contribution in [1.82, 2.24) is 15.5 Å². The molecule has 0 bridgehead atoms. The number of hydrogen-bond acceptors (Lipinski definition) is 6. The highest BCUT2D eigenvalue weighted by molar-refractivity contribution is 6.02. The van der Waals surface area contributed by atoms with E-state index in [9.17, 15) is 24.3 Å². The topological polar surface area (TPSA) is 192 Å². The van der Waals surface area contributed by atoms with E-state index in [1.54, 1.807) is 50.5 Å². The van der Waals surface area contributed by atoms with E-state index in [1.165, 1.54) is 17.0 Å². The van der Waals surface area contributed by atoms with Crippen LogP contribution in [0.1, 0.15) is 42.9 Å². The fraction of sp³-hybridized carbons (Fsp3) is 0.393. The maximum absolute atomic E-state index is 13.4. The largest absolute Gasteiger partial charge is 0.508 e. The van der Waals surface area contributed by atoms with E-state index in [0.29, 0.717) is 29.5 Å². The summed E-state index contributed by atoms with van der Waals surface area (Å²) in [5.41, 5.74) is 12.9. The number of nitrogen functional groups attached to an aromatic ring is 1. The van der Waals surface area contributed by atoms with Crippen LogP contribution in [0.4, 0.5) is 0 Å². The number of phenolic OH excluding ortho intramolecular Hbond substituents is 1. The number of hydrogen-bond donors (Lipinski definition) is 6. The van der Waals surface area contributed by atoms with Crippen molar-refractivity contribution in [1.29, 1.82) is 5.41 Å². The third kappa shape index (κ3) is 9.44. The molecule has 0 aromatic heterocycles. The molecule has 0 aliphatic heterocycles. The van der Waals surface area contributed by atoms with Gasteiger partial charge in [-0.15, -0.1) is 0 Å². The molecule has 3 atom stereocenters. The van der Waals surface area contributed by atoms with Gasteiger partial charge in [-0.2, -0.15) is 0 Å². The van der Waals surface area contributed by atoms with Gasteiger partial charge in [0.2, 0.25) is 23.6 Å². The van der Waals surface area contributed by atoms with Crippen molar-refractivity contribution in [3.05, 3.63) is 65.2 Å². The lowest BCUT2D eigenvalue weighted by Gasteiger charge is -2.25. The summed E-state index contributed by atoms with van der Waals surface area (Å²) < 4.78 is 0. The number of rotatable bonds is 14. The molecule has 0 radical (unpaired) electrons. The summed E-state index contributed by atoms with van der Waals surface area (Å²) >= 11 is 0. The van der Waals surface area contributed by atoms with E-state index in [0.717, 1.165) is 6.42 Å². The molecule has 0 heterocycles. The highest BCUT2D eigenvalue weighted by atomic mass is 16.3. The Morgan fingerprint density at radius 3 is 1.92 bits per heavy atom. The van der Waals surface area contributed by atoms with Crippen LogP contribution in [0, 0.1) is 11.3 Å². The molecule has 11 heteroatoms. The monoisotopic (exact) mass is 538 g/mol. The Balaban J connectivity index is 2.22. The number of aromatic hydroxyl groups is 1. The number of carbonyl (C=O) groups is 4. The quantitative estimate of drug-likeness (QED) is 0.117. The molecule has 4 amide bonds. The molecule has 2 unspecified atom stereocenters. The lowest BCUT2D eigenvalue weighted by Crippen LogP contribution is -2.55. The van der Waals surface area contributed by atoms with Crippen molar-refractivity contribution in [2.24, 2.45) is 17.4 Å². The van der Waals surface area contributed by atoms with E-state index in [-0.39, 0.29) is 24.4 Å². The summed E-state index contributed by atoms with van der Waals surface area (Å²) in [7, 11) is 3.09. The van der Waals surface area contributed by atoms with Gasteiger partial charge in [0.25, 0.3) is 0 Å². The smallest absolute Gasteiger partial charge is 0.243 e. The summed E-state index contributed by atoms with van der Waals surface area (Å²) in [6.45, 7) is 1.94. The average Bonchev–Trinajstić information content (AvgIpc) is 2.89. The van der Waals surface area contributed by atoms with Crippen LogP contribution in [0.25, 0.3) is 0 Å². The average molecular weight is 539 g/mol. The van der Waals surface area contributed by atoms with E-state index < -0.39 is 41.6 Å². The van der Waals surface area contributed by atoms with Crippen molar-refractivity contribution >= 4 is 29.5 Å². The standard InChI is InChI=1S/C28H38N6O5/c1-4-5-6-22(27(38)33-23(25(31)36)16-18-9-13-20(35)14-10-18)32-26(37)21(28(39)34(2)3)15-17-7-11-19(12-8-17)24(29)30/h7-14,21-23,35H,4-6,15-16H2,1-3H3,(H3,29,30)(H2,31,36)(H,32,37)(H,33,38)/t21?,22?,23-/m0/s1. The van der Waals surface area contributed by atoms with Gasteiger partial charge < -0.3 is 32.1 Å². The maximum atomic E-state index is 13.4. The fourth-order valence-corrected chi connectivity index (χ4v) is 3.97. The van der Waals surface area contributed by atoms with Gasteiger partial charge in [0, 0.05) is 26.1 Å². The van der Waals surface area contributed by atoms with Gasteiger partial charge in [-0.3, -0.25) is 24.6 Å². The van der Waals surface area contributed by atoms with Crippen molar-refractivity contribution in [2.75, 3.05) is 14.1 Å². The molecule has 2 aromatic carbocycles. The minimum absolute atomic E-state index is 0.0670. The summed E-state index contributed by atoms with van der Waals surface area (Å²) in [6.07, 6.45) is 1.86. The minimum atomic E-state index is -1.11. The first-order valence-corrected chi connectivity index (χ1v) is 12.7. The molecule has 2 rings (SSSR count). The van der Waals surface area contributed by atoms with Gasteiger partial charge in [0.05, 0.1) is 0 Å². The molecule has 0 fully saturated rings. The SMILES string of the molecule is CCCCC(NC(=O)C(Cc1ccc(C(=N)N)cc1)C(=O)N(C)C)C(=O)N[C@@H](Cc1ccc(O)cc1)C(N)=O. The lowest BCUT2D eigenvalue weighted by atomic mass is 9.95. The van der Waals surface area contributed by atoms with E-state index in [4.69, 9.17) is 16.9 Å². The van der Waals surface area contributed by atoms with Crippen molar-refractivity contribution < 1.29 is 24.3 Å². The Labute approximate surface area is 228 Å². The Kier molecular flexibility index (Phi) is 11.5. The highest BCUT2D eigenvalue weighted by Crippen LogP contribution is 2.15. The molecular formula is C28H38N6O5. The van der Waals surface area contributed by atoms with Gasteiger partial charge in [-0.05, 0) is 36.1 Å². The third-order valence-corrected chi connectivity index (χ3v) is 6.28. The number of nitrogens with two attached hydrogens (primary N) is 2. The number of benzene rings is 2. The minimum Gasteiger partial charge on any atom is -0.508 e. The predicted molar refractivity (Wildman–Crippen MR) is 148 cm³/mol. The number of carbonyl (C=O) groups excluding carboxylic acids is 4.